The number of hydrogen-bond acceptors (Lipinski definition) is 3. The van der Waals surface area contributed by atoms with Crippen molar-refractivity contribution in [1.82, 2.24) is 0 Å². The van der Waals surface area contributed by atoms with Crippen molar-refractivity contribution in [3.63, 3.8) is 0 Å². The molecule has 0 aromatic heterocycles. The fourth-order valence-corrected chi connectivity index (χ4v) is 3.97. The van der Waals surface area contributed by atoms with Gasteiger partial charge in [-0.25, -0.2) is 12.8 Å². The number of benzene rings is 1. The third kappa shape index (κ3) is 2.96. The molecule has 1 unspecified atom stereocenters. The summed E-state index contributed by atoms with van der Waals surface area (Å²) in [6.07, 6.45) is 1.75. The van der Waals surface area contributed by atoms with Crippen molar-refractivity contribution in [3.8, 4) is 0 Å². The Labute approximate surface area is 106 Å². The van der Waals surface area contributed by atoms with Crippen LogP contribution in [0, 0.1) is 11.7 Å². The molecule has 0 saturated carbocycles. The number of hydrogen-bond donors (Lipinski definition) is 0. The maximum atomic E-state index is 13.1. The number of carbonyl (C=O) groups excluding carboxylic acids is 1. The van der Waals surface area contributed by atoms with Gasteiger partial charge in [-0.3, -0.25) is 0 Å². The Morgan fingerprint density at radius 1 is 1.28 bits per heavy atom. The van der Waals surface area contributed by atoms with E-state index in [1.54, 1.807) is 12.1 Å². The number of carbonyl (C=O) groups is 1. The molecule has 18 heavy (non-hydrogen) atoms. The molecule has 1 aromatic rings. The SMILES string of the molecule is O=CC(c1cccc(F)c1)C1CCS(=O)(=O)CC1. The summed E-state index contributed by atoms with van der Waals surface area (Å²) in [5, 5.41) is 0. The van der Waals surface area contributed by atoms with Crippen LogP contribution in [0.5, 0.6) is 0 Å². The first-order chi connectivity index (χ1) is 8.52. The first-order valence-corrected chi connectivity index (χ1v) is 7.75. The number of sulfone groups is 1. The van der Waals surface area contributed by atoms with Crippen LogP contribution in [-0.4, -0.2) is 26.2 Å². The number of aldehydes is 1. The topological polar surface area (TPSA) is 51.2 Å². The predicted molar refractivity (Wildman–Crippen MR) is 66.6 cm³/mol. The largest absolute Gasteiger partial charge is 0.303 e. The second-order valence-corrected chi connectivity index (χ2v) is 7.01. The molecule has 0 spiro atoms. The molecule has 0 N–H and O–H groups in total. The van der Waals surface area contributed by atoms with E-state index in [9.17, 15) is 17.6 Å². The molecule has 1 heterocycles. The van der Waals surface area contributed by atoms with E-state index in [-0.39, 0.29) is 23.2 Å². The van der Waals surface area contributed by atoms with Gasteiger partial charge >= 0.3 is 0 Å². The Morgan fingerprint density at radius 2 is 1.94 bits per heavy atom. The first kappa shape index (κ1) is 13.2. The Bertz CT molecular complexity index is 525. The van der Waals surface area contributed by atoms with Crippen molar-refractivity contribution in [2.24, 2.45) is 5.92 Å². The van der Waals surface area contributed by atoms with Gasteiger partial charge in [-0.05, 0) is 36.5 Å². The standard InChI is InChI=1S/C13H15FO3S/c14-12-3-1-2-11(8-12)13(9-15)10-4-6-18(16,17)7-5-10/h1-3,8-10,13H,4-7H2. The van der Waals surface area contributed by atoms with E-state index < -0.39 is 15.8 Å². The molecule has 1 aliphatic heterocycles. The van der Waals surface area contributed by atoms with Gasteiger partial charge in [0.2, 0.25) is 0 Å². The third-order valence-electron chi connectivity index (χ3n) is 3.49. The van der Waals surface area contributed by atoms with Crippen LogP contribution in [-0.2, 0) is 14.6 Å². The summed E-state index contributed by atoms with van der Waals surface area (Å²) in [5.41, 5.74) is 0.634. The second kappa shape index (κ2) is 5.18. The quantitative estimate of drug-likeness (QED) is 0.789. The van der Waals surface area contributed by atoms with Crippen molar-refractivity contribution in [3.05, 3.63) is 35.6 Å². The Balaban J connectivity index is 2.17. The van der Waals surface area contributed by atoms with Gasteiger partial charge in [-0.2, -0.15) is 0 Å². The number of halogens is 1. The normalized spacial score (nSPS) is 21.4. The van der Waals surface area contributed by atoms with Crippen LogP contribution in [0.2, 0.25) is 0 Å². The molecule has 0 amide bonds. The van der Waals surface area contributed by atoms with Crippen LogP contribution < -0.4 is 0 Å². The summed E-state index contributed by atoms with van der Waals surface area (Å²) < 4.78 is 35.8. The van der Waals surface area contributed by atoms with Crippen LogP contribution in [0.3, 0.4) is 0 Å². The summed E-state index contributed by atoms with van der Waals surface area (Å²) in [6, 6.07) is 5.96. The van der Waals surface area contributed by atoms with E-state index in [1.165, 1.54) is 12.1 Å². The summed E-state index contributed by atoms with van der Waals surface area (Å²) in [5.74, 6) is -0.541. The van der Waals surface area contributed by atoms with Gasteiger partial charge < -0.3 is 4.79 Å². The monoisotopic (exact) mass is 270 g/mol. The van der Waals surface area contributed by atoms with Gasteiger partial charge in [0, 0.05) is 5.92 Å². The highest BCUT2D eigenvalue weighted by Crippen LogP contribution is 2.32. The summed E-state index contributed by atoms with van der Waals surface area (Å²) in [6.45, 7) is 0. The molecule has 1 aliphatic rings. The molecule has 0 bridgehead atoms. The molecule has 3 nitrogen and oxygen atoms in total. The minimum Gasteiger partial charge on any atom is -0.303 e. The summed E-state index contributed by atoms with van der Waals surface area (Å²) in [4.78, 5) is 11.2. The fourth-order valence-electron chi connectivity index (χ4n) is 2.44. The van der Waals surface area contributed by atoms with E-state index in [0.717, 1.165) is 6.29 Å². The van der Waals surface area contributed by atoms with Crippen LogP contribution in [0.1, 0.15) is 24.3 Å². The molecule has 1 fully saturated rings. The van der Waals surface area contributed by atoms with Gasteiger partial charge in [0.25, 0.3) is 0 Å². The lowest BCUT2D eigenvalue weighted by atomic mass is 9.83. The van der Waals surface area contributed by atoms with Crippen molar-refractivity contribution >= 4 is 16.1 Å². The van der Waals surface area contributed by atoms with Gasteiger partial charge in [0.1, 0.15) is 21.9 Å². The van der Waals surface area contributed by atoms with E-state index in [0.29, 0.717) is 18.4 Å². The molecular formula is C13H15FO3S. The zero-order valence-corrected chi connectivity index (χ0v) is 10.7. The summed E-state index contributed by atoms with van der Waals surface area (Å²) in [7, 11) is -2.94. The van der Waals surface area contributed by atoms with E-state index >= 15 is 0 Å². The average Bonchev–Trinajstić information content (AvgIpc) is 2.32. The first-order valence-electron chi connectivity index (χ1n) is 5.93. The lowest BCUT2D eigenvalue weighted by molar-refractivity contribution is -0.110. The Hall–Kier alpha value is -1.23. The highest BCUT2D eigenvalue weighted by molar-refractivity contribution is 7.91. The lowest BCUT2D eigenvalue weighted by Gasteiger charge is -2.26. The molecule has 1 atom stereocenters. The maximum Gasteiger partial charge on any atom is 0.150 e. The average molecular weight is 270 g/mol. The smallest absolute Gasteiger partial charge is 0.150 e. The predicted octanol–water partition coefficient (Wildman–Crippen LogP) is 1.93. The molecule has 0 radical (unpaired) electrons. The molecular weight excluding hydrogens is 255 g/mol. The van der Waals surface area contributed by atoms with Crippen LogP contribution >= 0.6 is 0 Å². The van der Waals surface area contributed by atoms with Crippen molar-refractivity contribution < 1.29 is 17.6 Å². The minimum atomic E-state index is -2.94. The lowest BCUT2D eigenvalue weighted by Crippen LogP contribution is -2.27. The van der Waals surface area contributed by atoms with E-state index in [4.69, 9.17) is 0 Å². The molecule has 2 rings (SSSR count). The van der Waals surface area contributed by atoms with Gasteiger partial charge in [-0.15, -0.1) is 0 Å². The Morgan fingerprint density at radius 3 is 2.50 bits per heavy atom. The third-order valence-corrected chi connectivity index (χ3v) is 5.20. The zero-order valence-electron chi connectivity index (χ0n) is 9.88. The van der Waals surface area contributed by atoms with Crippen LogP contribution in [0.15, 0.2) is 24.3 Å². The molecule has 5 heteroatoms. The zero-order chi connectivity index (χ0) is 13.2. The second-order valence-electron chi connectivity index (χ2n) is 4.71. The summed E-state index contributed by atoms with van der Waals surface area (Å²) >= 11 is 0. The highest BCUT2D eigenvalue weighted by atomic mass is 32.2. The van der Waals surface area contributed by atoms with Crippen LogP contribution in [0.4, 0.5) is 4.39 Å². The highest BCUT2D eigenvalue weighted by Gasteiger charge is 2.30. The van der Waals surface area contributed by atoms with Gasteiger partial charge in [0.05, 0.1) is 11.5 Å². The van der Waals surface area contributed by atoms with E-state index in [2.05, 4.69) is 0 Å². The molecule has 98 valence electrons. The molecule has 1 aromatic carbocycles. The van der Waals surface area contributed by atoms with Crippen LogP contribution in [0.25, 0.3) is 0 Å². The van der Waals surface area contributed by atoms with E-state index in [1.807, 2.05) is 0 Å². The minimum absolute atomic E-state index is 0.00664. The fraction of sp³-hybridized carbons (Fsp3) is 0.462. The number of rotatable bonds is 3. The maximum absolute atomic E-state index is 13.1. The van der Waals surface area contributed by atoms with Crippen molar-refractivity contribution in [1.29, 1.82) is 0 Å². The Kier molecular flexibility index (Phi) is 3.80. The van der Waals surface area contributed by atoms with Gasteiger partial charge in [-0.1, -0.05) is 12.1 Å². The van der Waals surface area contributed by atoms with Crippen molar-refractivity contribution in [2.75, 3.05) is 11.5 Å². The molecule has 1 saturated heterocycles. The van der Waals surface area contributed by atoms with Gasteiger partial charge in [0.15, 0.2) is 0 Å². The van der Waals surface area contributed by atoms with Crippen molar-refractivity contribution in [2.45, 2.75) is 18.8 Å². The molecule has 0 aliphatic carbocycles.